The van der Waals surface area contributed by atoms with Crippen molar-refractivity contribution in [2.24, 2.45) is 7.05 Å². The number of nitrogens with zero attached hydrogens (tertiary/aromatic N) is 3. The Hall–Kier alpha value is -2.59. The molecular formula is C24H29N3S+2. The van der Waals surface area contributed by atoms with Crippen molar-refractivity contribution in [3.8, 4) is 0 Å². The second kappa shape index (κ2) is 10.1. The minimum Gasteiger partial charge on any atom is -0.374 e. The lowest BCUT2D eigenvalue weighted by atomic mass is 10.1. The van der Waals surface area contributed by atoms with Crippen LogP contribution >= 0.6 is 11.8 Å². The Bertz CT molecular complexity index is 919. The first-order chi connectivity index (χ1) is 13.7. The van der Waals surface area contributed by atoms with Crippen molar-refractivity contribution in [2.45, 2.75) is 18.5 Å². The third kappa shape index (κ3) is 5.46. The van der Waals surface area contributed by atoms with E-state index >= 15 is 0 Å². The molecule has 4 heteroatoms. The Morgan fingerprint density at radius 1 is 0.929 bits per heavy atom. The van der Waals surface area contributed by atoms with E-state index in [1.807, 2.05) is 11.8 Å². The highest BCUT2D eigenvalue weighted by Crippen LogP contribution is 2.18. The molecule has 0 radical (unpaired) electrons. The summed E-state index contributed by atoms with van der Waals surface area (Å²) in [5.74, 6) is 1.06. The van der Waals surface area contributed by atoms with Crippen LogP contribution in [0, 0.1) is 0 Å². The zero-order valence-electron chi connectivity index (χ0n) is 17.0. The molecule has 0 aliphatic carbocycles. The number of rotatable bonds is 8. The Kier molecular flexibility index (Phi) is 7.26. The van der Waals surface area contributed by atoms with Gasteiger partial charge >= 0.3 is 0 Å². The molecule has 0 N–H and O–H groups in total. The summed E-state index contributed by atoms with van der Waals surface area (Å²) in [6, 6.07) is 21.4. The predicted octanol–water partition coefficient (Wildman–Crippen LogP) is 4.22. The Balaban J connectivity index is 1.56. The molecule has 144 valence electrons. The van der Waals surface area contributed by atoms with Crippen LogP contribution in [0.1, 0.15) is 18.2 Å². The summed E-state index contributed by atoms with van der Waals surface area (Å²) in [7, 11) is 4.25. The third-order valence-electron chi connectivity index (χ3n) is 4.78. The molecule has 0 amide bonds. The number of benzene rings is 1. The molecular weight excluding hydrogens is 362 g/mol. The second-order valence-electron chi connectivity index (χ2n) is 6.76. The van der Waals surface area contributed by atoms with E-state index in [1.165, 1.54) is 22.0 Å². The van der Waals surface area contributed by atoms with Crippen LogP contribution in [0.3, 0.4) is 0 Å². The van der Waals surface area contributed by atoms with Crippen molar-refractivity contribution < 1.29 is 9.13 Å². The molecule has 0 saturated heterocycles. The van der Waals surface area contributed by atoms with Gasteiger partial charge < -0.3 is 4.90 Å². The van der Waals surface area contributed by atoms with Gasteiger partial charge in [-0.15, -0.1) is 0 Å². The lowest BCUT2D eigenvalue weighted by molar-refractivity contribution is -0.708. The molecule has 0 aliphatic rings. The number of hydrogen-bond acceptors (Lipinski definition) is 2. The SMILES string of the molecule is CC[n+]1ccccc1/C=C/c1ccc(N(C)CCSc2cccc[n+]2C)cc1. The monoisotopic (exact) mass is 391 g/mol. The first-order valence-electron chi connectivity index (χ1n) is 9.72. The van der Waals surface area contributed by atoms with E-state index in [0.717, 1.165) is 18.8 Å². The van der Waals surface area contributed by atoms with Crippen molar-refractivity contribution in [2.75, 3.05) is 24.2 Å². The number of anilines is 1. The van der Waals surface area contributed by atoms with E-state index < -0.39 is 0 Å². The van der Waals surface area contributed by atoms with Gasteiger partial charge in [0.2, 0.25) is 10.7 Å². The molecule has 0 atom stereocenters. The molecule has 2 aromatic heterocycles. The predicted molar refractivity (Wildman–Crippen MR) is 119 cm³/mol. The molecule has 3 aromatic rings. The standard InChI is InChI=1S/C24H29N3S/c1-4-27-18-8-5-9-23(27)16-13-21-11-14-22(15-12-21)25(2)19-20-28-24-10-6-7-17-26(24)3/h5-18H,4,19-20H2,1-3H3/q+2. The van der Waals surface area contributed by atoms with Gasteiger partial charge in [-0.05, 0) is 42.8 Å². The van der Waals surface area contributed by atoms with Gasteiger partial charge in [-0.25, -0.2) is 0 Å². The highest BCUT2D eigenvalue weighted by atomic mass is 32.2. The van der Waals surface area contributed by atoms with E-state index in [2.05, 4.69) is 120 Å². The number of aromatic nitrogens is 2. The number of pyridine rings is 2. The van der Waals surface area contributed by atoms with Gasteiger partial charge in [0, 0.05) is 55.4 Å². The maximum Gasteiger partial charge on any atom is 0.239 e. The van der Waals surface area contributed by atoms with Crippen molar-refractivity contribution >= 4 is 29.6 Å². The van der Waals surface area contributed by atoms with Crippen LogP contribution in [0.4, 0.5) is 5.69 Å². The van der Waals surface area contributed by atoms with Gasteiger partial charge in [0.15, 0.2) is 12.4 Å². The summed E-state index contributed by atoms with van der Waals surface area (Å²) in [5, 5.41) is 1.29. The molecule has 0 fully saturated rings. The average Bonchev–Trinajstić information content (AvgIpc) is 2.74. The zero-order valence-corrected chi connectivity index (χ0v) is 17.8. The summed E-state index contributed by atoms with van der Waals surface area (Å²) in [5.41, 5.74) is 3.69. The number of aryl methyl sites for hydroxylation is 2. The van der Waals surface area contributed by atoms with Crippen LogP contribution in [-0.2, 0) is 13.6 Å². The molecule has 0 spiro atoms. The molecule has 2 heterocycles. The molecule has 0 bridgehead atoms. The van der Waals surface area contributed by atoms with E-state index in [-0.39, 0.29) is 0 Å². The molecule has 1 aromatic carbocycles. The van der Waals surface area contributed by atoms with Crippen LogP contribution in [0.15, 0.2) is 78.1 Å². The molecule has 0 unspecified atom stereocenters. The minimum absolute atomic E-state index is 0.975. The maximum absolute atomic E-state index is 2.31. The Morgan fingerprint density at radius 3 is 2.43 bits per heavy atom. The van der Waals surface area contributed by atoms with E-state index in [0.29, 0.717) is 0 Å². The second-order valence-corrected chi connectivity index (χ2v) is 7.87. The highest BCUT2D eigenvalue weighted by Gasteiger charge is 2.07. The van der Waals surface area contributed by atoms with E-state index in [9.17, 15) is 0 Å². The van der Waals surface area contributed by atoms with Crippen LogP contribution in [0.25, 0.3) is 12.2 Å². The smallest absolute Gasteiger partial charge is 0.239 e. The number of hydrogen-bond donors (Lipinski definition) is 0. The van der Waals surface area contributed by atoms with Crippen molar-refractivity contribution in [1.82, 2.24) is 0 Å². The van der Waals surface area contributed by atoms with Gasteiger partial charge in [-0.1, -0.05) is 23.9 Å². The summed E-state index contributed by atoms with van der Waals surface area (Å²) in [6.07, 6.45) is 8.57. The average molecular weight is 392 g/mol. The first kappa shape index (κ1) is 20.2. The van der Waals surface area contributed by atoms with Gasteiger partial charge in [0.05, 0.1) is 0 Å². The third-order valence-corrected chi connectivity index (χ3v) is 5.89. The fraction of sp³-hybridized carbons (Fsp3) is 0.250. The summed E-state index contributed by atoms with van der Waals surface area (Å²) >= 11 is 1.89. The lowest BCUT2D eigenvalue weighted by Crippen LogP contribution is -2.34. The topological polar surface area (TPSA) is 11.0 Å². The van der Waals surface area contributed by atoms with E-state index in [1.54, 1.807) is 0 Å². The molecule has 28 heavy (non-hydrogen) atoms. The van der Waals surface area contributed by atoms with Crippen molar-refractivity contribution in [1.29, 1.82) is 0 Å². The van der Waals surface area contributed by atoms with Crippen LogP contribution in [0.2, 0.25) is 0 Å². The number of thioether (sulfide) groups is 1. The largest absolute Gasteiger partial charge is 0.374 e. The van der Waals surface area contributed by atoms with Crippen molar-refractivity contribution in [3.05, 3.63) is 84.3 Å². The van der Waals surface area contributed by atoms with Crippen LogP contribution in [-0.4, -0.2) is 19.3 Å². The van der Waals surface area contributed by atoms with Gasteiger partial charge in [0.1, 0.15) is 13.6 Å². The van der Waals surface area contributed by atoms with Gasteiger partial charge in [0.25, 0.3) is 0 Å². The summed E-state index contributed by atoms with van der Waals surface area (Å²) in [6.45, 7) is 4.15. The normalized spacial score (nSPS) is 11.1. The molecule has 0 aliphatic heterocycles. The maximum atomic E-state index is 2.31. The van der Waals surface area contributed by atoms with Crippen molar-refractivity contribution in [3.63, 3.8) is 0 Å². The van der Waals surface area contributed by atoms with E-state index in [4.69, 9.17) is 0 Å². The first-order valence-corrected chi connectivity index (χ1v) is 10.7. The summed E-state index contributed by atoms with van der Waals surface area (Å²) in [4.78, 5) is 2.31. The molecule has 0 saturated carbocycles. The summed E-state index contributed by atoms with van der Waals surface area (Å²) < 4.78 is 4.41. The minimum atomic E-state index is 0.975. The zero-order chi connectivity index (χ0) is 19.8. The van der Waals surface area contributed by atoms with Crippen LogP contribution in [0.5, 0.6) is 0 Å². The van der Waals surface area contributed by atoms with Gasteiger partial charge in [-0.2, -0.15) is 9.13 Å². The Morgan fingerprint density at radius 2 is 1.68 bits per heavy atom. The molecule has 3 rings (SSSR count). The molecule has 3 nitrogen and oxygen atoms in total. The fourth-order valence-electron chi connectivity index (χ4n) is 3.02. The highest BCUT2D eigenvalue weighted by molar-refractivity contribution is 7.99. The van der Waals surface area contributed by atoms with Gasteiger partial charge in [-0.3, -0.25) is 0 Å². The van der Waals surface area contributed by atoms with Crippen LogP contribution < -0.4 is 14.0 Å². The lowest BCUT2D eigenvalue weighted by Gasteiger charge is -2.18. The Labute approximate surface area is 173 Å². The fourth-order valence-corrected chi connectivity index (χ4v) is 4.04. The quantitative estimate of drug-likeness (QED) is 0.421.